The van der Waals surface area contributed by atoms with Gasteiger partial charge in [-0.1, -0.05) is 38.1 Å². The molecule has 0 unspecified atom stereocenters. The number of fused-ring (bicyclic) bond motifs is 1. The molecule has 0 aliphatic carbocycles. The Morgan fingerprint density at radius 2 is 1.96 bits per heavy atom. The lowest BCUT2D eigenvalue weighted by Crippen LogP contribution is -2.24. The van der Waals surface area contributed by atoms with Gasteiger partial charge in [0.15, 0.2) is 0 Å². The number of halogens is 1. The highest BCUT2D eigenvalue weighted by Crippen LogP contribution is 2.31. The largest absolute Gasteiger partial charge is 0.294 e. The van der Waals surface area contributed by atoms with Crippen LogP contribution in [0.4, 0.5) is 4.39 Å². The summed E-state index contributed by atoms with van der Waals surface area (Å²) >= 11 is 1.46. The van der Waals surface area contributed by atoms with Crippen molar-refractivity contribution in [1.82, 2.24) is 9.55 Å². The summed E-state index contributed by atoms with van der Waals surface area (Å²) in [6, 6.07) is 8.25. The molecule has 3 rings (SSSR count). The molecule has 0 N–H and O–H groups in total. The number of alkyl halides is 1. The van der Waals surface area contributed by atoms with E-state index in [1.54, 1.807) is 6.92 Å². The second-order valence-electron chi connectivity index (χ2n) is 5.91. The maximum Gasteiger partial charge on any atom is 0.262 e. The number of thiophene rings is 1. The Bertz CT molecular complexity index is 894. The van der Waals surface area contributed by atoms with E-state index < -0.39 is 6.67 Å². The number of hydrogen-bond donors (Lipinski definition) is 0. The van der Waals surface area contributed by atoms with E-state index >= 15 is 0 Å². The van der Waals surface area contributed by atoms with Gasteiger partial charge >= 0.3 is 0 Å². The standard InChI is InChI=1S/C18H19FN2OS/c1-11(2)13-4-6-14(7-5-13)15-10-23-17-16(15)18(22)21(9-8-19)12(3)20-17/h4-7,10-11H,8-9H2,1-3H3. The Balaban J connectivity index is 2.18. The van der Waals surface area contributed by atoms with Gasteiger partial charge in [0.2, 0.25) is 0 Å². The Labute approximate surface area is 138 Å². The van der Waals surface area contributed by atoms with Crippen LogP contribution in [0.3, 0.4) is 0 Å². The fourth-order valence-electron chi connectivity index (χ4n) is 2.73. The zero-order valence-electron chi connectivity index (χ0n) is 13.5. The van der Waals surface area contributed by atoms with Gasteiger partial charge in [-0.05, 0) is 24.0 Å². The molecule has 0 aliphatic heterocycles. The smallest absolute Gasteiger partial charge is 0.262 e. The summed E-state index contributed by atoms with van der Waals surface area (Å²) in [5.41, 5.74) is 2.98. The van der Waals surface area contributed by atoms with Crippen molar-refractivity contribution < 1.29 is 4.39 Å². The van der Waals surface area contributed by atoms with Gasteiger partial charge in [0, 0.05) is 10.9 Å². The van der Waals surface area contributed by atoms with Gasteiger partial charge in [0.25, 0.3) is 5.56 Å². The molecule has 0 fully saturated rings. The van der Waals surface area contributed by atoms with Crippen LogP contribution in [0.2, 0.25) is 0 Å². The van der Waals surface area contributed by atoms with Crippen LogP contribution in [0.1, 0.15) is 31.2 Å². The van der Waals surface area contributed by atoms with Gasteiger partial charge in [-0.15, -0.1) is 11.3 Å². The highest BCUT2D eigenvalue weighted by Gasteiger charge is 2.15. The van der Waals surface area contributed by atoms with Gasteiger partial charge in [0.1, 0.15) is 17.3 Å². The van der Waals surface area contributed by atoms with Crippen LogP contribution in [-0.2, 0) is 6.54 Å². The third-order valence-corrected chi connectivity index (χ3v) is 4.95. The number of aryl methyl sites for hydroxylation is 1. The van der Waals surface area contributed by atoms with Crippen molar-refractivity contribution in [1.29, 1.82) is 0 Å². The quantitative estimate of drug-likeness (QED) is 0.704. The zero-order valence-corrected chi connectivity index (χ0v) is 14.3. The predicted molar refractivity (Wildman–Crippen MR) is 94.1 cm³/mol. The van der Waals surface area contributed by atoms with Crippen LogP contribution < -0.4 is 5.56 Å². The summed E-state index contributed by atoms with van der Waals surface area (Å²) < 4.78 is 14.1. The topological polar surface area (TPSA) is 34.9 Å². The molecule has 0 saturated heterocycles. The minimum Gasteiger partial charge on any atom is -0.294 e. The van der Waals surface area contributed by atoms with Gasteiger partial charge in [0.05, 0.1) is 11.9 Å². The van der Waals surface area contributed by atoms with Crippen LogP contribution in [0, 0.1) is 6.92 Å². The van der Waals surface area contributed by atoms with E-state index in [-0.39, 0.29) is 12.1 Å². The monoisotopic (exact) mass is 330 g/mol. The molecule has 0 amide bonds. The fourth-order valence-corrected chi connectivity index (χ4v) is 3.72. The number of benzene rings is 1. The van der Waals surface area contributed by atoms with Crippen molar-refractivity contribution in [3.05, 3.63) is 51.4 Å². The Hall–Kier alpha value is -2.01. The average Bonchev–Trinajstić information content (AvgIpc) is 2.95. The van der Waals surface area contributed by atoms with E-state index in [2.05, 4.69) is 31.0 Å². The first kappa shape index (κ1) is 15.9. The van der Waals surface area contributed by atoms with E-state index in [9.17, 15) is 9.18 Å². The summed E-state index contributed by atoms with van der Waals surface area (Å²) in [4.78, 5) is 17.9. The SMILES string of the molecule is Cc1nc2scc(-c3ccc(C(C)C)cc3)c2c(=O)n1CCF. The van der Waals surface area contributed by atoms with E-state index in [1.807, 2.05) is 17.5 Å². The first-order valence-electron chi connectivity index (χ1n) is 7.68. The van der Waals surface area contributed by atoms with E-state index in [0.717, 1.165) is 11.1 Å². The normalized spacial score (nSPS) is 11.5. The Kier molecular flexibility index (Phi) is 4.31. The van der Waals surface area contributed by atoms with Gasteiger partial charge in [-0.3, -0.25) is 9.36 Å². The van der Waals surface area contributed by atoms with Gasteiger partial charge < -0.3 is 0 Å². The second kappa shape index (κ2) is 6.24. The molecule has 120 valence electrons. The Morgan fingerprint density at radius 3 is 2.57 bits per heavy atom. The van der Waals surface area contributed by atoms with Gasteiger partial charge in [-0.2, -0.15) is 0 Å². The summed E-state index contributed by atoms with van der Waals surface area (Å²) in [6.45, 7) is 5.52. The van der Waals surface area contributed by atoms with Crippen molar-refractivity contribution in [2.24, 2.45) is 0 Å². The third-order valence-electron chi connectivity index (χ3n) is 4.08. The van der Waals surface area contributed by atoms with Gasteiger partial charge in [-0.25, -0.2) is 9.37 Å². The molecule has 2 aromatic heterocycles. The predicted octanol–water partition coefficient (Wildman–Crippen LogP) is 4.53. The van der Waals surface area contributed by atoms with Crippen LogP contribution in [0.15, 0.2) is 34.4 Å². The molecule has 3 aromatic rings. The maximum atomic E-state index is 12.7. The minimum absolute atomic E-state index is 0.0508. The molecular weight excluding hydrogens is 311 g/mol. The first-order chi connectivity index (χ1) is 11.0. The highest BCUT2D eigenvalue weighted by molar-refractivity contribution is 7.17. The number of rotatable bonds is 4. The molecule has 2 heterocycles. The summed E-state index contributed by atoms with van der Waals surface area (Å²) in [5.74, 6) is 1.03. The van der Waals surface area contributed by atoms with Crippen LogP contribution >= 0.6 is 11.3 Å². The van der Waals surface area contributed by atoms with Crippen LogP contribution in [-0.4, -0.2) is 16.2 Å². The Morgan fingerprint density at radius 1 is 1.26 bits per heavy atom. The second-order valence-corrected chi connectivity index (χ2v) is 6.77. The zero-order chi connectivity index (χ0) is 16.6. The fraction of sp³-hybridized carbons (Fsp3) is 0.333. The average molecular weight is 330 g/mol. The first-order valence-corrected chi connectivity index (χ1v) is 8.55. The lowest BCUT2D eigenvalue weighted by Gasteiger charge is -2.09. The summed E-state index contributed by atoms with van der Waals surface area (Å²) in [5, 5.41) is 2.55. The third kappa shape index (κ3) is 2.81. The van der Waals surface area contributed by atoms with Crippen molar-refractivity contribution in [3.8, 4) is 11.1 Å². The van der Waals surface area contributed by atoms with Crippen molar-refractivity contribution in [2.75, 3.05) is 6.67 Å². The molecule has 0 bridgehead atoms. The lowest BCUT2D eigenvalue weighted by atomic mass is 9.99. The van der Waals surface area contributed by atoms with E-state index in [1.165, 1.54) is 21.5 Å². The van der Waals surface area contributed by atoms with E-state index in [0.29, 0.717) is 22.0 Å². The molecule has 0 radical (unpaired) electrons. The van der Waals surface area contributed by atoms with Crippen LogP contribution in [0.5, 0.6) is 0 Å². The molecular formula is C18H19FN2OS. The summed E-state index contributed by atoms with van der Waals surface area (Å²) in [7, 11) is 0. The maximum absolute atomic E-state index is 12.7. The van der Waals surface area contributed by atoms with Crippen molar-refractivity contribution >= 4 is 21.6 Å². The molecule has 0 aliphatic rings. The molecule has 0 spiro atoms. The summed E-state index contributed by atoms with van der Waals surface area (Å²) in [6.07, 6.45) is 0. The van der Waals surface area contributed by atoms with Crippen LogP contribution in [0.25, 0.3) is 21.3 Å². The molecule has 0 saturated carbocycles. The molecule has 0 atom stereocenters. The molecule has 1 aromatic carbocycles. The molecule has 3 nitrogen and oxygen atoms in total. The molecule has 5 heteroatoms. The van der Waals surface area contributed by atoms with Crippen molar-refractivity contribution in [3.63, 3.8) is 0 Å². The number of hydrogen-bond acceptors (Lipinski definition) is 3. The molecule has 23 heavy (non-hydrogen) atoms. The number of aromatic nitrogens is 2. The number of nitrogens with zero attached hydrogens (tertiary/aromatic N) is 2. The minimum atomic E-state index is -0.573. The highest BCUT2D eigenvalue weighted by atomic mass is 32.1. The van der Waals surface area contributed by atoms with E-state index in [4.69, 9.17) is 0 Å². The van der Waals surface area contributed by atoms with Crippen molar-refractivity contribution in [2.45, 2.75) is 33.2 Å². The lowest BCUT2D eigenvalue weighted by molar-refractivity contribution is 0.435.